The first-order chi connectivity index (χ1) is 7.63. The Hall–Kier alpha value is -1.57. The van der Waals surface area contributed by atoms with E-state index in [2.05, 4.69) is 18.2 Å². The van der Waals surface area contributed by atoms with E-state index < -0.39 is 11.5 Å². The van der Waals surface area contributed by atoms with E-state index >= 15 is 0 Å². The second-order valence-corrected chi connectivity index (χ2v) is 4.01. The van der Waals surface area contributed by atoms with Gasteiger partial charge in [-0.2, -0.15) is 15.8 Å². The van der Waals surface area contributed by atoms with Crippen molar-refractivity contribution in [2.75, 3.05) is 0 Å². The van der Waals surface area contributed by atoms with Crippen LogP contribution >= 0.6 is 0 Å². The molecule has 0 heterocycles. The fourth-order valence-corrected chi connectivity index (χ4v) is 1.92. The van der Waals surface area contributed by atoms with E-state index in [1.165, 1.54) is 0 Å². The summed E-state index contributed by atoms with van der Waals surface area (Å²) >= 11 is 0. The summed E-state index contributed by atoms with van der Waals surface area (Å²) in [4.78, 5) is 0. The molecule has 1 unspecified atom stereocenters. The normalized spacial score (nSPS) is 12.2. The quantitative estimate of drug-likeness (QED) is 0.710. The Bertz CT molecular complexity index is 271. The molecule has 16 heavy (non-hydrogen) atoms. The third-order valence-corrected chi connectivity index (χ3v) is 3.09. The first-order valence-corrected chi connectivity index (χ1v) is 5.42. The van der Waals surface area contributed by atoms with Crippen molar-refractivity contribution < 1.29 is 5.11 Å². The second-order valence-electron chi connectivity index (χ2n) is 4.01. The minimum atomic E-state index is -0.595. The summed E-state index contributed by atoms with van der Waals surface area (Å²) in [7, 11) is 0. The number of aliphatic hydroxyl groups is 1. The third kappa shape index (κ3) is 4.30. The predicted octanol–water partition coefficient (Wildman–Crippen LogP) is 2.26. The molecule has 4 nitrogen and oxygen atoms in total. The van der Waals surface area contributed by atoms with Crippen molar-refractivity contribution in [1.29, 1.82) is 15.8 Å². The molecule has 0 fully saturated rings. The van der Waals surface area contributed by atoms with Gasteiger partial charge in [-0.1, -0.05) is 0 Å². The molecule has 0 aromatic rings. The van der Waals surface area contributed by atoms with Gasteiger partial charge in [0.15, 0.2) is 0 Å². The van der Waals surface area contributed by atoms with Crippen molar-refractivity contribution in [3.05, 3.63) is 0 Å². The Morgan fingerprint density at radius 3 is 1.44 bits per heavy atom. The molecule has 0 rings (SSSR count). The largest absolute Gasteiger partial charge is 0.393 e. The molecule has 0 bridgehead atoms. The first-order valence-electron chi connectivity index (χ1n) is 5.42. The maximum absolute atomic E-state index is 9.81. The van der Waals surface area contributed by atoms with Gasteiger partial charge in [0.1, 0.15) is 0 Å². The Morgan fingerprint density at radius 1 is 0.938 bits per heavy atom. The molecule has 86 valence electrons. The van der Waals surface area contributed by atoms with Gasteiger partial charge < -0.3 is 5.11 Å². The van der Waals surface area contributed by atoms with Gasteiger partial charge in [0.25, 0.3) is 0 Å². The van der Waals surface area contributed by atoms with Gasteiger partial charge >= 0.3 is 0 Å². The van der Waals surface area contributed by atoms with Crippen LogP contribution in [0.2, 0.25) is 0 Å². The summed E-state index contributed by atoms with van der Waals surface area (Å²) in [6, 6.07) is 6.16. The van der Waals surface area contributed by atoms with Crippen molar-refractivity contribution in [3.63, 3.8) is 0 Å². The van der Waals surface area contributed by atoms with Crippen LogP contribution in [0.25, 0.3) is 0 Å². The number of aliphatic hydroxyl groups excluding tert-OH is 1. The highest BCUT2D eigenvalue weighted by atomic mass is 16.3. The number of nitrogens with zero attached hydrogens (tertiary/aromatic N) is 3. The first kappa shape index (κ1) is 14.4. The molecule has 0 amide bonds. The fourth-order valence-electron chi connectivity index (χ4n) is 1.92. The van der Waals surface area contributed by atoms with Gasteiger partial charge in [-0.3, -0.25) is 0 Å². The van der Waals surface area contributed by atoms with Gasteiger partial charge in [0.05, 0.1) is 24.3 Å². The van der Waals surface area contributed by atoms with Crippen molar-refractivity contribution in [2.45, 2.75) is 51.6 Å². The summed E-state index contributed by atoms with van der Waals surface area (Å²) in [5, 5.41) is 35.6. The van der Waals surface area contributed by atoms with E-state index in [4.69, 9.17) is 15.8 Å². The third-order valence-electron chi connectivity index (χ3n) is 3.09. The van der Waals surface area contributed by atoms with Crippen LogP contribution in [0.1, 0.15) is 45.4 Å². The van der Waals surface area contributed by atoms with Gasteiger partial charge in [-0.15, -0.1) is 0 Å². The number of hydrogen-bond acceptors (Lipinski definition) is 4. The minimum Gasteiger partial charge on any atom is -0.393 e. The van der Waals surface area contributed by atoms with Gasteiger partial charge in [0, 0.05) is 19.3 Å². The van der Waals surface area contributed by atoms with E-state index in [0.717, 1.165) is 0 Å². The molecule has 0 aliphatic carbocycles. The van der Waals surface area contributed by atoms with Crippen LogP contribution in [0.4, 0.5) is 0 Å². The fraction of sp³-hybridized carbons (Fsp3) is 0.750. The summed E-state index contributed by atoms with van der Waals surface area (Å²) < 4.78 is 0. The maximum atomic E-state index is 9.81. The highest BCUT2D eigenvalue weighted by molar-refractivity contribution is 4.92. The van der Waals surface area contributed by atoms with E-state index in [1.807, 2.05) is 0 Å². The second kappa shape index (κ2) is 7.69. The van der Waals surface area contributed by atoms with Gasteiger partial charge in [0.2, 0.25) is 0 Å². The summed E-state index contributed by atoms with van der Waals surface area (Å²) in [6.07, 6.45) is 2.09. The van der Waals surface area contributed by atoms with Crippen LogP contribution in [-0.2, 0) is 0 Å². The van der Waals surface area contributed by atoms with Crippen molar-refractivity contribution in [3.8, 4) is 18.2 Å². The van der Waals surface area contributed by atoms with Crippen LogP contribution in [0.5, 0.6) is 0 Å². The van der Waals surface area contributed by atoms with E-state index in [9.17, 15) is 5.11 Å². The topological polar surface area (TPSA) is 91.6 Å². The molecule has 1 N–H and O–H groups in total. The smallest absolute Gasteiger partial charge is 0.0621 e. The van der Waals surface area contributed by atoms with Crippen LogP contribution in [-0.4, -0.2) is 11.2 Å². The van der Waals surface area contributed by atoms with Crippen LogP contribution in [0.15, 0.2) is 0 Å². The molecule has 0 aromatic carbocycles. The lowest BCUT2D eigenvalue weighted by Gasteiger charge is -2.35. The highest BCUT2D eigenvalue weighted by Gasteiger charge is 2.34. The van der Waals surface area contributed by atoms with Crippen molar-refractivity contribution >= 4 is 0 Å². The average Bonchev–Trinajstić information content (AvgIpc) is 2.28. The van der Waals surface area contributed by atoms with E-state index in [1.54, 1.807) is 6.92 Å². The predicted molar refractivity (Wildman–Crippen MR) is 58.7 cm³/mol. The van der Waals surface area contributed by atoms with E-state index in [-0.39, 0.29) is 0 Å². The maximum Gasteiger partial charge on any atom is 0.0621 e. The lowest BCUT2D eigenvalue weighted by molar-refractivity contribution is 0.0201. The number of rotatable bonds is 7. The molecule has 0 spiro atoms. The molecule has 0 saturated carbocycles. The summed E-state index contributed by atoms with van der Waals surface area (Å²) in [6.45, 7) is 1.67. The van der Waals surface area contributed by atoms with Crippen LogP contribution < -0.4 is 0 Å². The molecule has 0 radical (unpaired) electrons. The highest BCUT2D eigenvalue weighted by Crippen LogP contribution is 2.38. The summed E-state index contributed by atoms with van der Waals surface area (Å²) in [5.74, 6) is 0. The zero-order chi connectivity index (χ0) is 12.4. The monoisotopic (exact) mass is 219 g/mol. The molecular formula is C12H17N3O. The SMILES string of the molecule is CC(O)C(CCC#N)(CCC#N)CCC#N. The lowest BCUT2D eigenvalue weighted by Crippen LogP contribution is -2.33. The van der Waals surface area contributed by atoms with Crippen LogP contribution in [0.3, 0.4) is 0 Å². The molecule has 0 saturated heterocycles. The van der Waals surface area contributed by atoms with Crippen molar-refractivity contribution in [1.82, 2.24) is 0 Å². The van der Waals surface area contributed by atoms with Gasteiger partial charge in [-0.25, -0.2) is 0 Å². The molecular weight excluding hydrogens is 202 g/mol. The minimum absolute atomic E-state index is 0.349. The number of nitriles is 3. The Morgan fingerprint density at radius 2 is 1.25 bits per heavy atom. The Balaban J connectivity index is 4.69. The average molecular weight is 219 g/mol. The zero-order valence-corrected chi connectivity index (χ0v) is 9.61. The Labute approximate surface area is 96.7 Å². The van der Waals surface area contributed by atoms with Gasteiger partial charge in [-0.05, 0) is 31.6 Å². The lowest BCUT2D eigenvalue weighted by atomic mass is 9.72. The molecule has 0 aliphatic heterocycles. The zero-order valence-electron chi connectivity index (χ0n) is 9.61. The Kier molecular flexibility index (Phi) is 6.93. The number of hydrogen-bond donors (Lipinski definition) is 1. The van der Waals surface area contributed by atoms with E-state index in [0.29, 0.717) is 38.5 Å². The molecule has 1 atom stereocenters. The molecule has 0 aromatic heterocycles. The standard InChI is InChI=1S/C12H17N3O/c1-11(16)12(5-2-8-13,6-3-9-14)7-4-10-15/h11,16H,2-7H2,1H3. The summed E-state index contributed by atoms with van der Waals surface area (Å²) in [5.41, 5.74) is -0.457. The van der Waals surface area contributed by atoms with Crippen molar-refractivity contribution in [2.24, 2.45) is 5.41 Å². The van der Waals surface area contributed by atoms with Crippen LogP contribution in [0, 0.1) is 39.4 Å². The molecule has 0 aliphatic rings. The molecule has 4 heteroatoms.